The van der Waals surface area contributed by atoms with Gasteiger partial charge in [-0.25, -0.2) is 0 Å². The Hall–Kier alpha value is -1.51. The Morgan fingerprint density at radius 3 is 2.86 bits per heavy atom. The number of ether oxygens (including phenoxy) is 1. The van der Waals surface area contributed by atoms with Crippen molar-refractivity contribution in [3.8, 4) is 5.75 Å². The smallest absolute Gasteiger partial charge is 0.224 e. The van der Waals surface area contributed by atoms with Crippen molar-refractivity contribution in [3.05, 3.63) is 24.3 Å². The van der Waals surface area contributed by atoms with Gasteiger partial charge < -0.3 is 10.1 Å². The van der Waals surface area contributed by atoms with Gasteiger partial charge in [-0.15, -0.1) is 0 Å². The number of hydrogen-bond donors (Lipinski definition) is 1. The van der Waals surface area contributed by atoms with E-state index in [-0.39, 0.29) is 5.91 Å². The van der Waals surface area contributed by atoms with Gasteiger partial charge >= 0.3 is 0 Å². The molecule has 2 fully saturated rings. The summed E-state index contributed by atoms with van der Waals surface area (Å²) in [5.74, 6) is 3.22. The van der Waals surface area contributed by atoms with E-state index in [2.05, 4.69) is 12.2 Å². The number of benzene rings is 1. The summed E-state index contributed by atoms with van der Waals surface area (Å²) in [4.78, 5) is 12.3. The number of rotatable bonds is 6. The molecule has 21 heavy (non-hydrogen) atoms. The van der Waals surface area contributed by atoms with Crippen LogP contribution in [-0.2, 0) is 4.79 Å². The van der Waals surface area contributed by atoms with Crippen LogP contribution in [-0.4, -0.2) is 12.5 Å². The first-order valence-corrected chi connectivity index (χ1v) is 8.28. The van der Waals surface area contributed by atoms with Crippen LogP contribution >= 0.6 is 0 Å². The number of hydrogen-bond acceptors (Lipinski definition) is 2. The lowest BCUT2D eigenvalue weighted by molar-refractivity contribution is -0.117. The Morgan fingerprint density at radius 2 is 2.14 bits per heavy atom. The van der Waals surface area contributed by atoms with Crippen LogP contribution in [0.25, 0.3) is 0 Å². The molecule has 2 bridgehead atoms. The highest BCUT2D eigenvalue weighted by molar-refractivity contribution is 5.92. The predicted molar refractivity (Wildman–Crippen MR) is 84.4 cm³/mol. The molecule has 0 spiro atoms. The number of amides is 1. The van der Waals surface area contributed by atoms with Crippen molar-refractivity contribution in [2.24, 2.45) is 17.8 Å². The third kappa shape index (κ3) is 3.39. The molecule has 0 aliphatic heterocycles. The van der Waals surface area contributed by atoms with E-state index in [0.717, 1.165) is 29.7 Å². The minimum absolute atomic E-state index is 0.139. The van der Waals surface area contributed by atoms with Crippen molar-refractivity contribution in [3.63, 3.8) is 0 Å². The molecular weight excluding hydrogens is 262 g/mol. The van der Waals surface area contributed by atoms with Crippen LogP contribution in [0.5, 0.6) is 5.75 Å². The highest BCUT2D eigenvalue weighted by Gasteiger charge is 2.40. The van der Waals surface area contributed by atoms with Gasteiger partial charge in [0.1, 0.15) is 5.75 Å². The fourth-order valence-electron chi connectivity index (χ4n) is 3.97. The van der Waals surface area contributed by atoms with E-state index in [1.54, 1.807) is 0 Å². The molecule has 0 aromatic heterocycles. The molecule has 3 unspecified atom stereocenters. The van der Waals surface area contributed by atoms with Gasteiger partial charge in [-0.05, 0) is 55.6 Å². The monoisotopic (exact) mass is 287 g/mol. The molecule has 2 saturated carbocycles. The van der Waals surface area contributed by atoms with E-state index in [0.29, 0.717) is 18.9 Å². The van der Waals surface area contributed by atoms with Crippen LogP contribution in [0, 0.1) is 17.8 Å². The molecule has 0 saturated heterocycles. The van der Waals surface area contributed by atoms with Gasteiger partial charge in [0.25, 0.3) is 0 Å². The van der Waals surface area contributed by atoms with Gasteiger partial charge in [0.2, 0.25) is 5.91 Å². The van der Waals surface area contributed by atoms with Gasteiger partial charge in [-0.2, -0.15) is 0 Å². The topological polar surface area (TPSA) is 38.3 Å². The van der Waals surface area contributed by atoms with E-state index in [4.69, 9.17) is 4.74 Å². The molecule has 2 aliphatic carbocycles. The summed E-state index contributed by atoms with van der Waals surface area (Å²) in [6.45, 7) is 2.76. The molecule has 114 valence electrons. The minimum Gasteiger partial charge on any atom is -0.491 e. The van der Waals surface area contributed by atoms with Crippen molar-refractivity contribution < 1.29 is 9.53 Å². The number of anilines is 1. The van der Waals surface area contributed by atoms with Crippen LogP contribution in [0.1, 0.15) is 45.4 Å². The van der Waals surface area contributed by atoms with Crippen LogP contribution in [0.15, 0.2) is 24.3 Å². The molecule has 2 aliphatic rings. The summed E-state index contributed by atoms with van der Waals surface area (Å²) in [6.07, 6.45) is 6.96. The Kier molecular flexibility index (Phi) is 4.47. The molecule has 0 radical (unpaired) electrons. The van der Waals surface area contributed by atoms with Crippen LogP contribution < -0.4 is 10.1 Å². The number of carbonyl (C=O) groups excluding carboxylic acids is 1. The maximum atomic E-state index is 12.3. The van der Waals surface area contributed by atoms with Crippen molar-refractivity contribution >= 4 is 11.6 Å². The number of para-hydroxylation sites is 2. The van der Waals surface area contributed by atoms with Crippen molar-refractivity contribution in [2.75, 3.05) is 11.9 Å². The second-order valence-electron chi connectivity index (χ2n) is 6.53. The molecular formula is C18H25NO2. The molecule has 1 aromatic carbocycles. The standard InChI is InChI=1S/C18H25NO2/c1-2-9-21-17-6-4-3-5-16(17)19-18(20)12-15-11-13-7-8-14(15)10-13/h3-6,13-15H,2,7-12H2,1H3,(H,19,20). The number of fused-ring (bicyclic) bond motifs is 2. The summed E-state index contributed by atoms with van der Waals surface area (Å²) in [7, 11) is 0. The first kappa shape index (κ1) is 14.4. The zero-order chi connectivity index (χ0) is 14.7. The van der Waals surface area contributed by atoms with E-state index < -0.39 is 0 Å². The quantitative estimate of drug-likeness (QED) is 0.850. The third-order valence-corrected chi connectivity index (χ3v) is 4.95. The summed E-state index contributed by atoms with van der Waals surface area (Å²) < 4.78 is 5.69. The van der Waals surface area contributed by atoms with Crippen molar-refractivity contribution in [2.45, 2.75) is 45.4 Å². The Morgan fingerprint density at radius 1 is 1.29 bits per heavy atom. The molecule has 3 atom stereocenters. The molecule has 3 heteroatoms. The minimum atomic E-state index is 0.139. The van der Waals surface area contributed by atoms with E-state index in [1.807, 2.05) is 24.3 Å². The van der Waals surface area contributed by atoms with Gasteiger partial charge in [0.15, 0.2) is 0 Å². The normalized spacial score (nSPS) is 26.8. The average molecular weight is 287 g/mol. The maximum absolute atomic E-state index is 12.3. The van der Waals surface area contributed by atoms with Gasteiger partial charge in [0, 0.05) is 6.42 Å². The molecule has 1 amide bonds. The summed E-state index contributed by atoms with van der Waals surface area (Å²) in [5, 5.41) is 3.04. The first-order chi connectivity index (χ1) is 10.3. The second kappa shape index (κ2) is 6.50. The van der Waals surface area contributed by atoms with Crippen molar-refractivity contribution in [1.29, 1.82) is 0 Å². The summed E-state index contributed by atoms with van der Waals surface area (Å²) in [5.41, 5.74) is 0.805. The van der Waals surface area contributed by atoms with Crippen LogP contribution in [0.3, 0.4) is 0 Å². The third-order valence-electron chi connectivity index (χ3n) is 4.95. The largest absolute Gasteiger partial charge is 0.491 e. The van der Waals surface area contributed by atoms with E-state index in [9.17, 15) is 4.79 Å². The number of nitrogens with one attached hydrogen (secondary N) is 1. The van der Waals surface area contributed by atoms with Crippen LogP contribution in [0.4, 0.5) is 5.69 Å². The Balaban J connectivity index is 1.57. The zero-order valence-electron chi connectivity index (χ0n) is 12.8. The van der Waals surface area contributed by atoms with Gasteiger partial charge in [-0.1, -0.05) is 25.5 Å². The average Bonchev–Trinajstić information content (AvgIpc) is 3.09. The van der Waals surface area contributed by atoms with Crippen molar-refractivity contribution in [1.82, 2.24) is 0 Å². The summed E-state index contributed by atoms with van der Waals surface area (Å²) >= 11 is 0. The lowest BCUT2D eigenvalue weighted by Crippen LogP contribution is -2.20. The Bertz CT molecular complexity index is 500. The maximum Gasteiger partial charge on any atom is 0.224 e. The number of carbonyl (C=O) groups is 1. The van der Waals surface area contributed by atoms with Crippen LogP contribution in [0.2, 0.25) is 0 Å². The summed E-state index contributed by atoms with van der Waals surface area (Å²) in [6, 6.07) is 7.72. The molecule has 1 aromatic rings. The highest BCUT2D eigenvalue weighted by atomic mass is 16.5. The SMILES string of the molecule is CCCOc1ccccc1NC(=O)CC1CC2CCC1C2. The molecule has 1 N–H and O–H groups in total. The predicted octanol–water partition coefficient (Wildman–Crippen LogP) is 4.24. The second-order valence-corrected chi connectivity index (χ2v) is 6.53. The zero-order valence-corrected chi connectivity index (χ0v) is 12.8. The highest BCUT2D eigenvalue weighted by Crippen LogP contribution is 2.49. The fourth-order valence-corrected chi connectivity index (χ4v) is 3.97. The first-order valence-electron chi connectivity index (χ1n) is 8.28. The van der Waals surface area contributed by atoms with Gasteiger partial charge in [-0.3, -0.25) is 4.79 Å². The molecule has 3 rings (SSSR count). The van der Waals surface area contributed by atoms with Gasteiger partial charge in [0.05, 0.1) is 12.3 Å². The lowest BCUT2D eigenvalue weighted by atomic mass is 9.86. The lowest BCUT2D eigenvalue weighted by Gasteiger charge is -2.21. The van der Waals surface area contributed by atoms with E-state index >= 15 is 0 Å². The molecule has 3 nitrogen and oxygen atoms in total. The Labute approximate surface area is 127 Å². The fraction of sp³-hybridized carbons (Fsp3) is 0.611. The molecule has 0 heterocycles. The van der Waals surface area contributed by atoms with E-state index in [1.165, 1.54) is 25.7 Å².